The highest BCUT2D eigenvalue weighted by atomic mass is 32.1. The van der Waals surface area contributed by atoms with E-state index in [-0.39, 0.29) is 18.4 Å². The first-order chi connectivity index (χ1) is 8.16. The third kappa shape index (κ3) is 2.91. The molecule has 0 fully saturated rings. The highest BCUT2D eigenvalue weighted by Crippen LogP contribution is 2.12. The summed E-state index contributed by atoms with van der Waals surface area (Å²) >= 11 is 1.40. The zero-order chi connectivity index (χ0) is 12.3. The van der Waals surface area contributed by atoms with Crippen LogP contribution in [0.4, 0.5) is 0 Å². The minimum Gasteiger partial charge on any atom is -0.423 e. The molecule has 6 heteroatoms. The fraction of sp³-hybridized carbons (Fsp3) is 0.364. The van der Waals surface area contributed by atoms with Crippen molar-refractivity contribution in [2.24, 2.45) is 0 Å². The van der Waals surface area contributed by atoms with Crippen molar-refractivity contribution in [1.82, 2.24) is 15.5 Å². The monoisotopic (exact) mass is 251 g/mol. The maximum absolute atomic E-state index is 11.6. The summed E-state index contributed by atoms with van der Waals surface area (Å²) in [6, 6.07) is 3.61. The lowest BCUT2D eigenvalue weighted by Gasteiger charge is -1.99. The maximum Gasteiger partial charge on any atom is 0.261 e. The Kier molecular flexibility index (Phi) is 3.53. The fourth-order valence-corrected chi connectivity index (χ4v) is 1.86. The predicted octanol–water partition coefficient (Wildman–Crippen LogP) is 2.18. The number of aromatic nitrogens is 2. The molecule has 2 rings (SSSR count). The molecule has 0 atom stereocenters. The number of hydrogen-bond donors (Lipinski definition) is 1. The van der Waals surface area contributed by atoms with Gasteiger partial charge in [-0.25, -0.2) is 0 Å². The van der Waals surface area contributed by atoms with E-state index in [4.69, 9.17) is 4.42 Å². The topological polar surface area (TPSA) is 68.0 Å². The molecule has 0 saturated heterocycles. The van der Waals surface area contributed by atoms with Crippen LogP contribution in [0.3, 0.4) is 0 Å². The van der Waals surface area contributed by atoms with E-state index in [9.17, 15) is 4.79 Å². The van der Waals surface area contributed by atoms with Gasteiger partial charge in [0.15, 0.2) is 0 Å². The number of carbonyl (C=O) groups excluding carboxylic acids is 1. The van der Waals surface area contributed by atoms with Gasteiger partial charge in [-0.3, -0.25) is 4.79 Å². The van der Waals surface area contributed by atoms with Crippen molar-refractivity contribution in [2.45, 2.75) is 26.3 Å². The highest BCUT2D eigenvalue weighted by molar-refractivity contribution is 7.12. The molecule has 90 valence electrons. The second kappa shape index (κ2) is 5.09. The number of nitrogens with one attached hydrogen (secondary N) is 1. The summed E-state index contributed by atoms with van der Waals surface area (Å²) in [7, 11) is 0. The van der Waals surface area contributed by atoms with Crippen molar-refractivity contribution >= 4 is 17.2 Å². The number of thiophene rings is 1. The standard InChI is InChI=1S/C11H13N3O2S/c1-7(2)11-14-13-9(16-11)6-12-10(15)8-4-3-5-17-8/h3-5,7H,6H2,1-2H3,(H,12,15). The molecule has 2 aromatic rings. The van der Waals surface area contributed by atoms with Crippen molar-refractivity contribution in [3.05, 3.63) is 34.2 Å². The van der Waals surface area contributed by atoms with E-state index >= 15 is 0 Å². The van der Waals surface area contributed by atoms with Gasteiger partial charge in [-0.05, 0) is 11.4 Å². The van der Waals surface area contributed by atoms with Crippen LogP contribution >= 0.6 is 11.3 Å². The van der Waals surface area contributed by atoms with Gasteiger partial charge in [0.25, 0.3) is 5.91 Å². The summed E-state index contributed by atoms with van der Waals surface area (Å²) in [6.45, 7) is 4.21. The Morgan fingerprint density at radius 2 is 2.35 bits per heavy atom. The average molecular weight is 251 g/mol. The normalized spacial score (nSPS) is 10.8. The molecule has 1 amide bonds. The number of carbonyl (C=O) groups is 1. The molecular formula is C11H13N3O2S. The molecule has 0 aromatic carbocycles. The van der Waals surface area contributed by atoms with Gasteiger partial charge in [0.2, 0.25) is 11.8 Å². The van der Waals surface area contributed by atoms with Crippen LogP contribution in [0.15, 0.2) is 21.9 Å². The summed E-state index contributed by atoms with van der Waals surface area (Å²) in [5.41, 5.74) is 0. The number of hydrogen-bond acceptors (Lipinski definition) is 5. The van der Waals surface area contributed by atoms with Gasteiger partial charge in [-0.2, -0.15) is 0 Å². The van der Waals surface area contributed by atoms with E-state index in [1.54, 1.807) is 6.07 Å². The lowest BCUT2D eigenvalue weighted by molar-refractivity contribution is 0.0951. The lowest BCUT2D eigenvalue weighted by atomic mass is 10.2. The molecule has 0 radical (unpaired) electrons. The van der Waals surface area contributed by atoms with Gasteiger partial charge in [0, 0.05) is 5.92 Å². The molecule has 2 heterocycles. The third-order valence-electron chi connectivity index (χ3n) is 2.12. The Morgan fingerprint density at radius 3 is 2.94 bits per heavy atom. The number of amides is 1. The lowest BCUT2D eigenvalue weighted by Crippen LogP contribution is -2.21. The van der Waals surface area contributed by atoms with E-state index in [0.29, 0.717) is 16.7 Å². The molecular weight excluding hydrogens is 238 g/mol. The SMILES string of the molecule is CC(C)c1nnc(CNC(=O)c2cccs2)o1. The summed E-state index contributed by atoms with van der Waals surface area (Å²) < 4.78 is 5.38. The first kappa shape index (κ1) is 11.8. The van der Waals surface area contributed by atoms with Crippen LogP contribution in [0.2, 0.25) is 0 Å². The van der Waals surface area contributed by atoms with Gasteiger partial charge < -0.3 is 9.73 Å². The van der Waals surface area contributed by atoms with Crippen molar-refractivity contribution < 1.29 is 9.21 Å². The second-order valence-electron chi connectivity index (χ2n) is 3.85. The molecule has 1 N–H and O–H groups in total. The van der Waals surface area contributed by atoms with E-state index < -0.39 is 0 Å². The molecule has 0 aliphatic rings. The van der Waals surface area contributed by atoms with Crippen molar-refractivity contribution in [3.8, 4) is 0 Å². The highest BCUT2D eigenvalue weighted by Gasteiger charge is 2.11. The zero-order valence-electron chi connectivity index (χ0n) is 9.64. The van der Waals surface area contributed by atoms with Crippen molar-refractivity contribution in [3.63, 3.8) is 0 Å². The largest absolute Gasteiger partial charge is 0.423 e. The summed E-state index contributed by atoms with van der Waals surface area (Å²) in [5.74, 6) is 1.09. The summed E-state index contributed by atoms with van der Waals surface area (Å²) in [4.78, 5) is 12.3. The van der Waals surface area contributed by atoms with Crippen LogP contribution < -0.4 is 5.32 Å². The second-order valence-corrected chi connectivity index (χ2v) is 4.80. The van der Waals surface area contributed by atoms with Gasteiger partial charge in [-0.15, -0.1) is 21.5 Å². The van der Waals surface area contributed by atoms with Gasteiger partial charge in [-0.1, -0.05) is 19.9 Å². The smallest absolute Gasteiger partial charge is 0.261 e. The molecule has 17 heavy (non-hydrogen) atoms. The molecule has 0 bridgehead atoms. The van der Waals surface area contributed by atoms with Crippen LogP contribution in [0.5, 0.6) is 0 Å². The Balaban J connectivity index is 1.91. The van der Waals surface area contributed by atoms with Crippen LogP contribution in [0.25, 0.3) is 0 Å². The molecule has 0 spiro atoms. The van der Waals surface area contributed by atoms with Gasteiger partial charge >= 0.3 is 0 Å². The van der Waals surface area contributed by atoms with Crippen LogP contribution in [0, 0.1) is 0 Å². The molecule has 0 aliphatic carbocycles. The van der Waals surface area contributed by atoms with E-state index in [1.165, 1.54) is 11.3 Å². The molecule has 2 aromatic heterocycles. The predicted molar refractivity (Wildman–Crippen MR) is 63.9 cm³/mol. The number of nitrogens with zero attached hydrogens (tertiary/aromatic N) is 2. The van der Waals surface area contributed by atoms with Crippen LogP contribution in [-0.4, -0.2) is 16.1 Å². The molecule has 0 saturated carbocycles. The van der Waals surface area contributed by atoms with Gasteiger partial charge in [0.05, 0.1) is 11.4 Å². The van der Waals surface area contributed by atoms with Crippen LogP contribution in [0.1, 0.15) is 41.2 Å². The van der Waals surface area contributed by atoms with Crippen molar-refractivity contribution in [1.29, 1.82) is 0 Å². The fourth-order valence-electron chi connectivity index (χ4n) is 1.22. The zero-order valence-corrected chi connectivity index (χ0v) is 10.5. The third-order valence-corrected chi connectivity index (χ3v) is 2.99. The van der Waals surface area contributed by atoms with Crippen molar-refractivity contribution in [2.75, 3.05) is 0 Å². The molecule has 5 nitrogen and oxygen atoms in total. The van der Waals surface area contributed by atoms with E-state index in [0.717, 1.165) is 0 Å². The first-order valence-electron chi connectivity index (χ1n) is 5.31. The first-order valence-corrected chi connectivity index (χ1v) is 6.18. The average Bonchev–Trinajstić information content (AvgIpc) is 2.97. The van der Waals surface area contributed by atoms with Crippen LogP contribution in [-0.2, 0) is 6.54 Å². The van der Waals surface area contributed by atoms with Gasteiger partial charge in [0.1, 0.15) is 0 Å². The minimum atomic E-state index is -0.121. The Bertz CT molecular complexity index is 491. The molecule has 0 unspecified atom stereocenters. The minimum absolute atomic E-state index is 0.121. The Hall–Kier alpha value is -1.69. The quantitative estimate of drug-likeness (QED) is 0.904. The molecule has 0 aliphatic heterocycles. The Labute approximate surface area is 103 Å². The maximum atomic E-state index is 11.6. The Morgan fingerprint density at radius 1 is 1.53 bits per heavy atom. The van der Waals surface area contributed by atoms with E-state index in [2.05, 4.69) is 15.5 Å². The van der Waals surface area contributed by atoms with E-state index in [1.807, 2.05) is 25.3 Å². The summed E-state index contributed by atoms with van der Waals surface area (Å²) in [6.07, 6.45) is 0. The summed E-state index contributed by atoms with van der Waals surface area (Å²) in [5, 5.41) is 12.3. The number of rotatable bonds is 4.